The van der Waals surface area contributed by atoms with Gasteiger partial charge in [-0.25, -0.2) is 14.3 Å². The van der Waals surface area contributed by atoms with Crippen molar-refractivity contribution in [3.63, 3.8) is 0 Å². The Bertz CT molecular complexity index is 1140. The Morgan fingerprint density at radius 3 is 2.49 bits per heavy atom. The summed E-state index contributed by atoms with van der Waals surface area (Å²) in [5.41, 5.74) is 3.66. The van der Waals surface area contributed by atoms with Crippen LogP contribution in [-0.2, 0) is 30.9 Å². The second kappa shape index (κ2) is 11.3. The van der Waals surface area contributed by atoms with E-state index >= 15 is 0 Å². The summed E-state index contributed by atoms with van der Waals surface area (Å²) in [7, 11) is 0. The van der Waals surface area contributed by atoms with Gasteiger partial charge in [0.1, 0.15) is 18.1 Å². The van der Waals surface area contributed by atoms with Crippen LogP contribution in [0.4, 0.5) is 23.7 Å². The smallest absolute Gasteiger partial charge is 0.486 e. The number of urea groups is 1. The van der Waals surface area contributed by atoms with Gasteiger partial charge in [-0.15, -0.1) is 5.10 Å². The van der Waals surface area contributed by atoms with Crippen LogP contribution in [-0.4, -0.2) is 54.7 Å². The molecule has 0 saturated heterocycles. The van der Waals surface area contributed by atoms with Gasteiger partial charge in [-0.2, -0.15) is 13.2 Å². The van der Waals surface area contributed by atoms with Gasteiger partial charge in [-0.1, -0.05) is 24.3 Å². The van der Waals surface area contributed by atoms with Gasteiger partial charge < -0.3 is 20.1 Å². The largest absolute Gasteiger partial charge is 0.490 e. The SMILES string of the molecule is CCc1ccc(NC(=O)N2CCn3nnc(COc4cccnc4)c3C2)cc1.O=C(O)C(F)(F)F. The van der Waals surface area contributed by atoms with Crippen LogP contribution in [0.1, 0.15) is 23.9 Å². The van der Waals surface area contributed by atoms with Crippen LogP contribution in [0.3, 0.4) is 0 Å². The van der Waals surface area contributed by atoms with E-state index in [1.165, 1.54) is 5.56 Å². The zero-order valence-electron chi connectivity index (χ0n) is 18.7. The summed E-state index contributed by atoms with van der Waals surface area (Å²) in [4.78, 5) is 27.4. The van der Waals surface area contributed by atoms with Crippen molar-refractivity contribution in [2.45, 2.75) is 39.2 Å². The van der Waals surface area contributed by atoms with Crippen LogP contribution in [0.25, 0.3) is 0 Å². The lowest BCUT2D eigenvalue weighted by Crippen LogP contribution is -2.41. The van der Waals surface area contributed by atoms with Crippen LogP contribution >= 0.6 is 0 Å². The van der Waals surface area contributed by atoms with Gasteiger partial charge in [0.15, 0.2) is 0 Å². The molecule has 2 amide bonds. The zero-order chi connectivity index (χ0) is 25.4. The van der Waals surface area contributed by atoms with E-state index < -0.39 is 12.1 Å². The second-order valence-corrected chi connectivity index (χ2v) is 7.39. The summed E-state index contributed by atoms with van der Waals surface area (Å²) in [6.45, 7) is 4.02. The summed E-state index contributed by atoms with van der Waals surface area (Å²) < 4.78 is 39.3. The minimum atomic E-state index is -5.08. The Morgan fingerprint density at radius 1 is 1.17 bits per heavy atom. The first-order valence-electron chi connectivity index (χ1n) is 10.6. The Balaban J connectivity index is 0.000000429. The molecule has 1 aromatic carbocycles. The van der Waals surface area contributed by atoms with Gasteiger partial charge in [-0.3, -0.25) is 4.98 Å². The number of hydrogen-bond acceptors (Lipinski definition) is 6. The average molecular weight is 492 g/mol. The summed E-state index contributed by atoms with van der Waals surface area (Å²) in [5, 5.41) is 18.5. The van der Waals surface area contributed by atoms with Crippen LogP contribution in [0.5, 0.6) is 5.75 Å². The number of benzene rings is 1. The van der Waals surface area contributed by atoms with Crippen molar-refractivity contribution in [2.24, 2.45) is 0 Å². The van der Waals surface area contributed by atoms with E-state index in [2.05, 4.69) is 27.5 Å². The number of carboxylic acids is 1. The monoisotopic (exact) mass is 492 g/mol. The van der Waals surface area contributed by atoms with Crippen molar-refractivity contribution < 1.29 is 32.6 Å². The molecule has 0 atom stereocenters. The molecule has 4 rings (SSSR count). The maximum absolute atomic E-state index is 12.7. The number of anilines is 1. The van der Waals surface area contributed by atoms with Crippen LogP contribution in [0, 0.1) is 0 Å². The van der Waals surface area contributed by atoms with E-state index in [4.69, 9.17) is 14.6 Å². The summed E-state index contributed by atoms with van der Waals surface area (Å²) in [5.74, 6) is -2.09. The van der Waals surface area contributed by atoms with Gasteiger partial charge >= 0.3 is 18.2 Å². The standard InChI is InChI=1S/C20H22N6O2.C2HF3O2/c1-2-15-5-7-16(8-6-15)22-20(27)25-10-11-26-19(13-25)18(23-24-26)14-28-17-4-3-9-21-12-17;3-2(4,5)1(6)7/h3-9,12H,2,10-11,13-14H2,1H3,(H,22,27);(H,6,7). The molecule has 3 heterocycles. The number of aryl methyl sites for hydroxylation is 1. The first kappa shape index (κ1) is 25.5. The Morgan fingerprint density at radius 2 is 1.89 bits per heavy atom. The molecule has 35 heavy (non-hydrogen) atoms. The molecule has 1 aliphatic heterocycles. The number of aliphatic carboxylic acids is 1. The van der Waals surface area contributed by atoms with Gasteiger partial charge in [0, 0.05) is 18.4 Å². The minimum absolute atomic E-state index is 0.129. The third-order valence-electron chi connectivity index (χ3n) is 4.99. The molecule has 0 aliphatic carbocycles. The third-order valence-corrected chi connectivity index (χ3v) is 4.99. The Hall–Kier alpha value is -4.16. The van der Waals surface area contributed by atoms with Crippen molar-refractivity contribution in [3.05, 3.63) is 65.7 Å². The number of carboxylic acid groups (broad SMARTS) is 1. The highest BCUT2D eigenvalue weighted by atomic mass is 19.4. The van der Waals surface area contributed by atoms with Crippen molar-refractivity contribution >= 4 is 17.7 Å². The number of halogens is 3. The van der Waals surface area contributed by atoms with Crippen LogP contribution in [0.2, 0.25) is 0 Å². The molecule has 10 nitrogen and oxygen atoms in total. The van der Waals surface area contributed by atoms with Gasteiger partial charge in [0.05, 0.1) is 25.0 Å². The summed E-state index contributed by atoms with van der Waals surface area (Å²) in [6.07, 6.45) is -0.764. The minimum Gasteiger partial charge on any atom is -0.486 e. The highest BCUT2D eigenvalue weighted by Crippen LogP contribution is 2.19. The van der Waals surface area contributed by atoms with Gasteiger partial charge in [0.25, 0.3) is 0 Å². The zero-order valence-corrected chi connectivity index (χ0v) is 18.7. The van der Waals surface area contributed by atoms with E-state index in [0.29, 0.717) is 25.4 Å². The topological polar surface area (TPSA) is 122 Å². The first-order valence-corrected chi connectivity index (χ1v) is 10.6. The van der Waals surface area contributed by atoms with Crippen LogP contribution < -0.4 is 10.1 Å². The fraction of sp³-hybridized carbons (Fsp3) is 0.318. The number of fused-ring (bicyclic) bond motifs is 1. The van der Waals surface area contributed by atoms with E-state index in [0.717, 1.165) is 23.5 Å². The molecule has 0 saturated carbocycles. The highest BCUT2D eigenvalue weighted by Gasteiger charge is 2.38. The maximum atomic E-state index is 12.7. The molecular formula is C22H23F3N6O4. The molecule has 0 unspecified atom stereocenters. The molecule has 186 valence electrons. The molecule has 0 spiro atoms. The molecular weight excluding hydrogens is 469 g/mol. The number of pyridine rings is 1. The van der Waals surface area contributed by atoms with Crippen LogP contribution in [0.15, 0.2) is 48.8 Å². The molecule has 2 N–H and O–H groups in total. The Kier molecular flexibility index (Phi) is 8.23. The number of nitrogens with one attached hydrogen (secondary N) is 1. The van der Waals surface area contributed by atoms with Crippen molar-refractivity contribution in [1.82, 2.24) is 24.9 Å². The lowest BCUT2D eigenvalue weighted by Gasteiger charge is -2.28. The molecule has 0 radical (unpaired) electrons. The number of rotatable bonds is 5. The molecule has 0 bridgehead atoms. The average Bonchev–Trinajstić information content (AvgIpc) is 3.26. The maximum Gasteiger partial charge on any atom is 0.490 e. The van der Waals surface area contributed by atoms with Gasteiger partial charge in [0.2, 0.25) is 0 Å². The fourth-order valence-electron chi connectivity index (χ4n) is 3.09. The normalized spacial score (nSPS) is 12.7. The first-order chi connectivity index (χ1) is 16.7. The number of carbonyl (C=O) groups is 2. The Labute approximate surface area is 198 Å². The third kappa shape index (κ3) is 7.16. The fourth-order valence-corrected chi connectivity index (χ4v) is 3.09. The second-order valence-electron chi connectivity index (χ2n) is 7.39. The predicted molar refractivity (Wildman–Crippen MR) is 118 cm³/mol. The lowest BCUT2D eigenvalue weighted by molar-refractivity contribution is -0.192. The number of alkyl halides is 3. The molecule has 3 aromatic rings. The van der Waals surface area contributed by atoms with Crippen molar-refractivity contribution in [1.29, 1.82) is 0 Å². The number of ether oxygens (including phenoxy) is 1. The number of carbonyl (C=O) groups excluding carboxylic acids is 1. The van der Waals surface area contributed by atoms with Crippen molar-refractivity contribution in [2.75, 3.05) is 11.9 Å². The molecule has 0 fully saturated rings. The van der Waals surface area contributed by atoms with E-state index in [-0.39, 0.29) is 12.6 Å². The number of aromatic nitrogens is 4. The van der Waals surface area contributed by atoms with E-state index in [1.54, 1.807) is 17.3 Å². The summed E-state index contributed by atoms with van der Waals surface area (Å²) >= 11 is 0. The van der Waals surface area contributed by atoms with Crippen molar-refractivity contribution in [3.8, 4) is 5.75 Å². The molecule has 13 heteroatoms. The summed E-state index contributed by atoms with van der Waals surface area (Å²) in [6, 6.07) is 11.4. The number of hydrogen-bond donors (Lipinski definition) is 2. The predicted octanol–water partition coefficient (Wildman–Crippen LogP) is 3.50. The quantitative estimate of drug-likeness (QED) is 0.559. The number of nitrogens with zero attached hydrogens (tertiary/aromatic N) is 5. The number of amides is 2. The lowest BCUT2D eigenvalue weighted by atomic mass is 10.1. The van der Waals surface area contributed by atoms with E-state index in [9.17, 15) is 18.0 Å². The highest BCUT2D eigenvalue weighted by molar-refractivity contribution is 5.89. The van der Waals surface area contributed by atoms with Gasteiger partial charge in [-0.05, 0) is 36.2 Å². The van der Waals surface area contributed by atoms with E-state index in [1.807, 2.05) is 41.1 Å². The molecule has 2 aromatic heterocycles. The molecule has 1 aliphatic rings.